The van der Waals surface area contributed by atoms with E-state index in [0.717, 1.165) is 0 Å². The van der Waals surface area contributed by atoms with Gasteiger partial charge >= 0.3 is 0 Å². The first kappa shape index (κ1) is 11.5. The molecule has 0 aromatic heterocycles. The minimum atomic E-state index is -0.682. The summed E-state index contributed by atoms with van der Waals surface area (Å²) in [6.45, 7) is 3.49. The van der Waals surface area contributed by atoms with Gasteiger partial charge in [-0.15, -0.1) is 0 Å². The Bertz CT molecular complexity index is 416. The topological polar surface area (TPSA) is 59.0 Å². The Labute approximate surface area is 88.3 Å². The predicted octanol–water partition coefficient (Wildman–Crippen LogP) is 1.90. The fourth-order valence-corrected chi connectivity index (χ4v) is 1.26. The van der Waals surface area contributed by atoms with Crippen molar-refractivity contribution >= 4 is 0 Å². The van der Waals surface area contributed by atoms with Crippen molar-refractivity contribution in [3.8, 4) is 11.8 Å². The summed E-state index contributed by atoms with van der Waals surface area (Å²) in [6, 6.07) is 4.71. The van der Waals surface area contributed by atoms with Gasteiger partial charge in [0, 0.05) is 5.54 Å². The monoisotopic (exact) mass is 208 g/mol. The number of methoxy groups -OCH3 is 1. The maximum absolute atomic E-state index is 13.5. The van der Waals surface area contributed by atoms with E-state index in [-0.39, 0.29) is 11.3 Å². The molecule has 1 aromatic rings. The second-order valence-corrected chi connectivity index (χ2v) is 3.87. The van der Waals surface area contributed by atoms with Crippen molar-refractivity contribution in [2.45, 2.75) is 19.4 Å². The molecule has 0 fully saturated rings. The van der Waals surface area contributed by atoms with Gasteiger partial charge in [-0.05, 0) is 31.5 Å². The first-order chi connectivity index (χ1) is 6.90. The van der Waals surface area contributed by atoms with E-state index in [1.165, 1.54) is 13.2 Å². The fourth-order valence-electron chi connectivity index (χ4n) is 1.26. The number of nitrogens with two attached hydrogens (primary N) is 1. The third-order valence-electron chi connectivity index (χ3n) is 2.11. The Balaban J connectivity index is 3.41. The molecule has 0 amide bonds. The van der Waals surface area contributed by atoms with Crippen LogP contribution in [0, 0.1) is 17.1 Å². The maximum atomic E-state index is 13.5. The highest BCUT2D eigenvalue weighted by atomic mass is 19.1. The number of nitriles is 1. The standard InChI is InChI=1S/C11H13FN2O/c1-11(2,14)8-4-7(6-13)10(15-3)9(12)5-8/h4-5H,14H2,1-3H3. The van der Waals surface area contributed by atoms with Crippen molar-refractivity contribution in [2.75, 3.05) is 7.11 Å². The minimum Gasteiger partial charge on any atom is -0.492 e. The lowest BCUT2D eigenvalue weighted by Crippen LogP contribution is -2.28. The molecule has 0 saturated heterocycles. The van der Waals surface area contributed by atoms with Crippen LogP contribution in [0.15, 0.2) is 12.1 Å². The summed E-state index contributed by atoms with van der Waals surface area (Å²) in [5.41, 5.74) is 5.87. The zero-order valence-electron chi connectivity index (χ0n) is 8.97. The van der Waals surface area contributed by atoms with Crippen molar-refractivity contribution in [2.24, 2.45) is 5.73 Å². The van der Waals surface area contributed by atoms with Gasteiger partial charge in [0.25, 0.3) is 0 Å². The van der Waals surface area contributed by atoms with Gasteiger partial charge in [0.1, 0.15) is 6.07 Å². The predicted molar refractivity (Wildman–Crippen MR) is 54.9 cm³/mol. The van der Waals surface area contributed by atoms with Crippen molar-refractivity contribution in [3.63, 3.8) is 0 Å². The summed E-state index contributed by atoms with van der Waals surface area (Å²) in [4.78, 5) is 0. The van der Waals surface area contributed by atoms with Crippen molar-refractivity contribution in [3.05, 3.63) is 29.1 Å². The van der Waals surface area contributed by atoms with Gasteiger partial charge in [-0.25, -0.2) is 4.39 Å². The van der Waals surface area contributed by atoms with Crippen molar-refractivity contribution < 1.29 is 9.13 Å². The van der Waals surface area contributed by atoms with Gasteiger partial charge in [0.15, 0.2) is 11.6 Å². The lowest BCUT2D eigenvalue weighted by molar-refractivity contribution is 0.383. The van der Waals surface area contributed by atoms with E-state index in [1.807, 2.05) is 6.07 Å². The van der Waals surface area contributed by atoms with Crippen LogP contribution in [-0.2, 0) is 5.54 Å². The zero-order chi connectivity index (χ0) is 11.6. The van der Waals surface area contributed by atoms with Gasteiger partial charge in [-0.3, -0.25) is 0 Å². The molecule has 80 valence electrons. The zero-order valence-corrected chi connectivity index (χ0v) is 8.97. The highest BCUT2D eigenvalue weighted by molar-refractivity contribution is 5.47. The van der Waals surface area contributed by atoms with Crippen molar-refractivity contribution in [1.82, 2.24) is 0 Å². The minimum absolute atomic E-state index is 0.0366. The quantitative estimate of drug-likeness (QED) is 0.807. The first-order valence-corrected chi connectivity index (χ1v) is 4.47. The summed E-state index contributed by atoms with van der Waals surface area (Å²) in [5, 5.41) is 8.83. The molecule has 0 radical (unpaired) electrons. The number of benzene rings is 1. The average molecular weight is 208 g/mol. The van der Waals surface area contributed by atoms with Crippen LogP contribution >= 0.6 is 0 Å². The molecule has 4 heteroatoms. The highest BCUT2D eigenvalue weighted by Gasteiger charge is 2.19. The molecule has 1 aromatic carbocycles. The van der Waals surface area contributed by atoms with E-state index < -0.39 is 11.4 Å². The van der Waals surface area contributed by atoms with E-state index >= 15 is 0 Å². The van der Waals surface area contributed by atoms with E-state index in [4.69, 9.17) is 15.7 Å². The normalized spacial score (nSPS) is 10.9. The Kier molecular flexibility index (Phi) is 2.96. The maximum Gasteiger partial charge on any atom is 0.172 e. The first-order valence-electron chi connectivity index (χ1n) is 4.47. The molecular weight excluding hydrogens is 195 g/mol. The SMILES string of the molecule is COc1c(F)cc(C(C)(C)N)cc1C#N. The lowest BCUT2D eigenvalue weighted by Gasteiger charge is -2.20. The van der Waals surface area contributed by atoms with E-state index in [9.17, 15) is 4.39 Å². The van der Waals surface area contributed by atoms with Crippen LogP contribution in [0.25, 0.3) is 0 Å². The van der Waals surface area contributed by atoms with Gasteiger partial charge in [-0.2, -0.15) is 5.26 Å². The van der Waals surface area contributed by atoms with Crippen LogP contribution in [0.2, 0.25) is 0 Å². The molecular formula is C11H13FN2O. The molecule has 0 aliphatic heterocycles. The van der Waals surface area contributed by atoms with Crippen LogP contribution in [0.5, 0.6) is 5.75 Å². The number of ether oxygens (including phenoxy) is 1. The molecule has 0 spiro atoms. The molecule has 0 bridgehead atoms. The fraction of sp³-hybridized carbons (Fsp3) is 0.364. The molecule has 0 heterocycles. The summed E-state index contributed by atoms with van der Waals surface area (Å²) in [6.07, 6.45) is 0. The van der Waals surface area contributed by atoms with Crippen LogP contribution in [0.1, 0.15) is 25.0 Å². The molecule has 3 nitrogen and oxygen atoms in total. The Morgan fingerprint density at radius 2 is 2.07 bits per heavy atom. The molecule has 1 rings (SSSR count). The summed E-state index contributed by atoms with van der Waals surface area (Å²) < 4.78 is 18.3. The smallest absolute Gasteiger partial charge is 0.172 e. The summed E-state index contributed by atoms with van der Waals surface area (Å²) in [7, 11) is 1.33. The molecule has 0 unspecified atom stereocenters. The van der Waals surface area contributed by atoms with Crippen LogP contribution in [0.3, 0.4) is 0 Å². The molecule has 0 atom stereocenters. The summed E-state index contributed by atoms with van der Waals surface area (Å²) in [5.74, 6) is -0.601. The number of nitrogens with zero attached hydrogens (tertiary/aromatic N) is 1. The third-order valence-corrected chi connectivity index (χ3v) is 2.11. The van der Waals surface area contributed by atoms with Crippen LogP contribution < -0.4 is 10.5 Å². The second-order valence-electron chi connectivity index (χ2n) is 3.87. The second kappa shape index (κ2) is 3.87. The Morgan fingerprint density at radius 1 is 1.47 bits per heavy atom. The van der Waals surface area contributed by atoms with Gasteiger partial charge < -0.3 is 10.5 Å². The van der Waals surface area contributed by atoms with E-state index in [0.29, 0.717) is 5.56 Å². The van der Waals surface area contributed by atoms with Gasteiger partial charge in [-0.1, -0.05) is 0 Å². The molecule has 0 saturated carbocycles. The molecule has 0 aliphatic rings. The largest absolute Gasteiger partial charge is 0.492 e. The third kappa shape index (κ3) is 2.25. The molecule has 2 N–H and O–H groups in total. The van der Waals surface area contributed by atoms with Gasteiger partial charge in [0.05, 0.1) is 12.7 Å². The number of hydrogen-bond donors (Lipinski definition) is 1. The highest BCUT2D eigenvalue weighted by Crippen LogP contribution is 2.27. The van der Waals surface area contributed by atoms with E-state index in [2.05, 4.69) is 0 Å². The van der Waals surface area contributed by atoms with Crippen LogP contribution in [0.4, 0.5) is 4.39 Å². The molecule has 0 aliphatic carbocycles. The average Bonchev–Trinajstić information content (AvgIpc) is 2.15. The number of rotatable bonds is 2. The molecule has 15 heavy (non-hydrogen) atoms. The van der Waals surface area contributed by atoms with Crippen molar-refractivity contribution in [1.29, 1.82) is 5.26 Å². The summed E-state index contributed by atoms with van der Waals surface area (Å²) >= 11 is 0. The van der Waals surface area contributed by atoms with E-state index in [1.54, 1.807) is 19.9 Å². The lowest BCUT2D eigenvalue weighted by atomic mass is 9.93. The Morgan fingerprint density at radius 3 is 2.47 bits per heavy atom. The van der Waals surface area contributed by atoms with Crippen LogP contribution in [-0.4, -0.2) is 7.11 Å². The Hall–Kier alpha value is -1.60. The number of hydrogen-bond acceptors (Lipinski definition) is 3. The van der Waals surface area contributed by atoms with Gasteiger partial charge in [0.2, 0.25) is 0 Å². The number of halogens is 1.